The summed E-state index contributed by atoms with van der Waals surface area (Å²) in [7, 11) is 3.81. The molecule has 1 aliphatic carbocycles. The smallest absolute Gasteiger partial charge is 0.260 e. The van der Waals surface area contributed by atoms with E-state index >= 15 is 0 Å². The minimum Gasteiger partial charge on any atom is -0.367 e. The number of rotatable bonds is 4. The highest BCUT2D eigenvalue weighted by Gasteiger charge is 2.28. The Morgan fingerprint density at radius 3 is 2.44 bits per heavy atom. The van der Waals surface area contributed by atoms with Gasteiger partial charge in [0.05, 0.1) is 28.8 Å². The van der Waals surface area contributed by atoms with E-state index in [2.05, 4.69) is 31.2 Å². The van der Waals surface area contributed by atoms with Crippen LogP contribution in [0.4, 0.5) is 22.9 Å². The third-order valence-corrected chi connectivity index (χ3v) is 6.67. The van der Waals surface area contributed by atoms with Crippen LogP contribution in [0.1, 0.15) is 41.9 Å². The second-order valence-corrected chi connectivity index (χ2v) is 8.73. The lowest BCUT2D eigenvalue weighted by molar-refractivity contribution is 0.0994. The zero-order chi connectivity index (χ0) is 22.1. The number of nitrogens with one attached hydrogen (secondary N) is 1. The predicted octanol–water partition coefficient (Wildman–Crippen LogP) is 4.44. The molecule has 1 aromatic carbocycles. The first-order chi connectivity index (χ1) is 15.6. The Bertz CT molecular complexity index is 1110. The number of carbonyl (C=O) groups excluding carboxylic acids is 1. The lowest BCUT2D eigenvalue weighted by Crippen LogP contribution is -2.28. The van der Waals surface area contributed by atoms with E-state index in [9.17, 15) is 4.79 Å². The highest BCUT2D eigenvalue weighted by molar-refractivity contribution is 6.13. The van der Waals surface area contributed by atoms with E-state index in [0.717, 1.165) is 60.8 Å². The molecule has 7 heteroatoms. The van der Waals surface area contributed by atoms with Crippen LogP contribution in [0, 0.1) is 5.92 Å². The minimum absolute atomic E-state index is 0.0190. The Morgan fingerprint density at radius 2 is 1.66 bits per heavy atom. The molecule has 0 unspecified atom stereocenters. The monoisotopic (exact) mass is 428 g/mol. The predicted molar refractivity (Wildman–Crippen MR) is 127 cm³/mol. The second-order valence-electron chi connectivity index (χ2n) is 8.73. The topological polar surface area (TPSA) is 74.2 Å². The molecule has 0 saturated heterocycles. The number of hydrogen-bond acceptors (Lipinski definition) is 6. The lowest BCUT2D eigenvalue weighted by Gasteiger charge is -2.30. The standard InChI is InChI=1S/C25H28N6O/c1-30-20-7-4-3-6-19(20)25(32)31(2)22-16-28-24(15-21(22)30)29-18-10-8-17(9-11-18)14-23-26-12-5-13-27-23/h3-7,12-13,15-18H,8-11,14H2,1-2H3,(H,28,29). The lowest BCUT2D eigenvalue weighted by atomic mass is 9.84. The molecule has 3 heterocycles. The average molecular weight is 429 g/mol. The van der Waals surface area contributed by atoms with Crippen molar-refractivity contribution in [3.63, 3.8) is 0 Å². The van der Waals surface area contributed by atoms with E-state index in [4.69, 9.17) is 0 Å². The van der Waals surface area contributed by atoms with Crippen molar-refractivity contribution in [2.75, 3.05) is 29.2 Å². The number of benzene rings is 1. The number of aromatic nitrogens is 3. The van der Waals surface area contributed by atoms with Gasteiger partial charge in [-0.25, -0.2) is 15.0 Å². The van der Waals surface area contributed by atoms with Crippen molar-refractivity contribution in [2.24, 2.45) is 5.92 Å². The second kappa shape index (κ2) is 8.57. The van der Waals surface area contributed by atoms with Gasteiger partial charge in [0, 0.05) is 45.0 Å². The van der Waals surface area contributed by atoms with E-state index in [1.807, 2.05) is 56.8 Å². The average Bonchev–Trinajstić information content (AvgIpc) is 2.91. The molecule has 1 fully saturated rings. The van der Waals surface area contributed by atoms with E-state index in [0.29, 0.717) is 17.5 Å². The number of hydrogen-bond donors (Lipinski definition) is 1. The van der Waals surface area contributed by atoms with Gasteiger partial charge in [-0.3, -0.25) is 4.79 Å². The molecular formula is C25H28N6O. The van der Waals surface area contributed by atoms with Gasteiger partial charge in [-0.1, -0.05) is 12.1 Å². The Labute approximate surface area is 188 Å². The van der Waals surface area contributed by atoms with Crippen molar-refractivity contribution in [1.82, 2.24) is 15.0 Å². The van der Waals surface area contributed by atoms with Gasteiger partial charge in [-0.05, 0) is 49.8 Å². The number of carbonyl (C=O) groups is 1. The summed E-state index contributed by atoms with van der Waals surface area (Å²) in [4.78, 5) is 30.1. The molecule has 0 bridgehead atoms. The number of pyridine rings is 1. The minimum atomic E-state index is -0.0190. The molecule has 3 aromatic rings. The van der Waals surface area contributed by atoms with E-state index in [1.54, 1.807) is 11.1 Å². The van der Waals surface area contributed by atoms with Gasteiger partial charge < -0.3 is 15.1 Å². The molecule has 1 saturated carbocycles. The summed E-state index contributed by atoms with van der Waals surface area (Å²) in [5, 5.41) is 3.63. The fourth-order valence-electron chi connectivity index (χ4n) is 4.82. The molecule has 7 nitrogen and oxygen atoms in total. The largest absolute Gasteiger partial charge is 0.367 e. The zero-order valence-electron chi connectivity index (χ0n) is 18.5. The number of fused-ring (bicyclic) bond motifs is 2. The molecule has 0 atom stereocenters. The van der Waals surface area contributed by atoms with Crippen molar-refractivity contribution in [3.05, 3.63) is 66.4 Å². The first-order valence-electron chi connectivity index (χ1n) is 11.2. The van der Waals surface area contributed by atoms with Crippen molar-refractivity contribution in [1.29, 1.82) is 0 Å². The molecule has 2 aromatic heterocycles. The van der Waals surface area contributed by atoms with Crippen LogP contribution in [0.5, 0.6) is 0 Å². The fraction of sp³-hybridized carbons (Fsp3) is 0.360. The van der Waals surface area contributed by atoms with Gasteiger partial charge in [-0.2, -0.15) is 0 Å². The van der Waals surface area contributed by atoms with Crippen molar-refractivity contribution in [3.8, 4) is 0 Å². The number of anilines is 4. The molecule has 0 spiro atoms. The van der Waals surface area contributed by atoms with Gasteiger partial charge in [0.15, 0.2) is 0 Å². The first-order valence-corrected chi connectivity index (χ1v) is 11.2. The van der Waals surface area contributed by atoms with E-state index in [1.165, 1.54) is 0 Å². The Kier molecular flexibility index (Phi) is 5.47. The van der Waals surface area contributed by atoms with Crippen LogP contribution in [0.3, 0.4) is 0 Å². The molecule has 1 aliphatic heterocycles. The molecule has 164 valence electrons. The van der Waals surface area contributed by atoms with Crippen LogP contribution in [0.15, 0.2) is 55.0 Å². The molecular weight excluding hydrogens is 400 g/mol. The fourth-order valence-corrected chi connectivity index (χ4v) is 4.82. The Hall–Kier alpha value is -3.48. The molecule has 2 aliphatic rings. The number of amides is 1. The van der Waals surface area contributed by atoms with Crippen LogP contribution >= 0.6 is 0 Å². The summed E-state index contributed by atoms with van der Waals surface area (Å²) in [5.41, 5.74) is 3.39. The van der Waals surface area contributed by atoms with Crippen LogP contribution in [-0.4, -0.2) is 41.0 Å². The summed E-state index contributed by atoms with van der Waals surface area (Å²) in [6.45, 7) is 0. The highest BCUT2D eigenvalue weighted by Crippen LogP contribution is 2.40. The summed E-state index contributed by atoms with van der Waals surface area (Å²) in [6.07, 6.45) is 10.9. The van der Waals surface area contributed by atoms with E-state index < -0.39 is 0 Å². The van der Waals surface area contributed by atoms with Crippen molar-refractivity contribution >= 4 is 28.8 Å². The summed E-state index contributed by atoms with van der Waals surface area (Å²) >= 11 is 0. The maximum absolute atomic E-state index is 13.0. The quantitative estimate of drug-likeness (QED) is 0.662. The Balaban J connectivity index is 1.30. The van der Waals surface area contributed by atoms with Crippen molar-refractivity contribution in [2.45, 2.75) is 38.1 Å². The van der Waals surface area contributed by atoms with Gasteiger partial charge in [0.1, 0.15) is 11.6 Å². The third kappa shape index (κ3) is 3.90. The van der Waals surface area contributed by atoms with Crippen LogP contribution in [0.2, 0.25) is 0 Å². The van der Waals surface area contributed by atoms with Gasteiger partial charge >= 0.3 is 0 Å². The van der Waals surface area contributed by atoms with Gasteiger partial charge in [0.25, 0.3) is 5.91 Å². The first kappa shape index (κ1) is 20.4. The number of nitrogens with zero attached hydrogens (tertiary/aromatic N) is 5. The van der Waals surface area contributed by atoms with Gasteiger partial charge in [-0.15, -0.1) is 0 Å². The number of para-hydroxylation sites is 1. The van der Waals surface area contributed by atoms with Gasteiger partial charge in [0.2, 0.25) is 0 Å². The molecule has 1 amide bonds. The molecule has 0 radical (unpaired) electrons. The van der Waals surface area contributed by atoms with Crippen LogP contribution in [0.25, 0.3) is 0 Å². The summed E-state index contributed by atoms with van der Waals surface area (Å²) in [5.74, 6) is 2.41. The normalized spacial score (nSPS) is 20.4. The maximum atomic E-state index is 13.0. The Morgan fingerprint density at radius 1 is 0.906 bits per heavy atom. The summed E-state index contributed by atoms with van der Waals surface area (Å²) in [6, 6.07) is 12.1. The summed E-state index contributed by atoms with van der Waals surface area (Å²) < 4.78 is 0. The molecule has 32 heavy (non-hydrogen) atoms. The molecule has 1 N–H and O–H groups in total. The SMILES string of the molecule is CN1C(=O)c2ccccc2N(C)c2cc(NC3CCC(Cc4ncccn4)CC3)ncc21. The molecule has 5 rings (SSSR count). The van der Waals surface area contributed by atoms with Crippen LogP contribution < -0.4 is 15.1 Å². The third-order valence-electron chi connectivity index (χ3n) is 6.67. The van der Waals surface area contributed by atoms with Crippen LogP contribution in [-0.2, 0) is 6.42 Å². The maximum Gasteiger partial charge on any atom is 0.260 e. The zero-order valence-corrected chi connectivity index (χ0v) is 18.5. The van der Waals surface area contributed by atoms with Crippen molar-refractivity contribution < 1.29 is 4.79 Å². The highest BCUT2D eigenvalue weighted by atomic mass is 16.2. The van der Waals surface area contributed by atoms with E-state index in [-0.39, 0.29) is 5.91 Å².